The fraction of sp³-hybridized carbons (Fsp3) is 0.833. The Bertz CT molecular complexity index is 241. The van der Waals surface area contributed by atoms with Gasteiger partial charge >= 0.3 is 6.03 Å². The predicted octanol–water partition coefficient (Wildman–Crippen LogP) is 2.29. The van der Waals surface area contributed by atoms with Crippen LogP contribution < -0.4 is 5.32 Å². The van der Waals surface area contributed by atoms with Gasteiger partial charge in [0.05, 0.1) is 0 Å². The largest absolute Gasteiger partial charge is 0.324 e. The molecule has 0 aromatic rings. The summed E-state index contributed by atoms with van der Waals surface area (Å²) in [6.45, 7) is 3.17. The van der Waals surface area contributed by atoms with E-state index in [1.807, 2.05) is 0 Å². The van der Waals surface area contributed by atoms with E-state index in [4.69, 9.17) is 0 Å². The summed E-state index contributed by atoms with van der Waals surface area (Å²) >= 11 is 0. The highest BCUT2D eigenvalue weighted by atomic mass is 16.2. The van der Waals surface area contributed by atoms with Crippen LogP contribution in [-0.2, 0) is 4.79 Å². The summed E-state index contributed by atoms with van der Waals surface area (Å²) in [5.41, 5.74) is 0. The Morgan fingerprint density at radius 3 is 2.25 bits per heavy atom. The lowest BCUT2D eigenvalue weighted by Gasteiger charge is -2.12. The van der Waals surface area contributed by atoms with Gasteiger partial charge in [-0.2, -0.15) is 0 Å². The summed E-state index contributed by atoms with van der Waals surface area (Å²) in [5, 5.41) is 2.28. The average molecular weight is 226 g/mol. The van der Waals surface area contributed by atoms with Crippen LogP contribution in [0.4, 0.5) is 4.79 Å². The van der Waals surface area contributed by atoms with Gasteiger partial charge in [-0.05, 0) is 6.42 Å². The van der Waals surface area contributed by atoms with Gasteiger partial charge in [-0.25, -0.2) is 4.79 Å². The molecule has 1 aliphatic heterocycles. The first-order valence-electron chi connectivity index (χ1n) is 6.32. The van der Waals surface area contributed by atoms with E-state index in [1.54, 1.807) is 4.90 Å². The fourth-order valence-electron chi connectivity index (χ4n) is 1.92. The van der Waals surface area contributed by atoms with Gasteiger partial charge in [0.25, 0.3) is 0 Å². The number of nitrogens with zero attached hydrogens (tertiary/aromatic N) is 1. The molecule has 92 valence electrons. The van der Waals surface area contributed by atoms with Crippen molar-refractivity contribution in [3.05, 3.63) is 0 Å². The SMILES string of the molecule is CCCCCCCCCN1CC(=O)NC1=O. The third kappa shape index (κ3) is 4.64. The Morgan fingerprint density at radius 2 is 1.69 bits per heavy atom. The number of carbonyl (C=O) groups excluding carboxylic acids is 2. The minimum atomic E-state index is -0.226. The molecular formula is C12H22N2O2. The van der Waals surface area contributed by atoms with Crippen molar-refractivity contribution in [3.63, 3.8) is 0 Å². The minimum absolute atomic E-state index is 0.173. The molecule has 4 heteroatoms. The van der Waals surface area contributed by atoms with E-state index in [0.717, 1.165) is 12.8 Å². The molecule has 0 atom stereocenters. The molecule has 1 aliphatic rings. The van der Waals surface area contributed by atoms with Crippen LogP contribution in [0.3, 0.4) is 0 Å². The minimum Gasteiger partial charge on any atom is -0.315 e. The molecular weight excluding hydrogens is 204 g/mol. The van der Waals surface area contributed by atoms with Gasteiger partial charge in [-0.1, -0.05) is 45.4 Å². The van der Waals surface area contributed by atoms with Crippen LogP contribution in [0.15, 0.2) is 0 Å². The maximum Gasteiger partial charge on any atom is 0.324 e. The number of imide groups is 1. The van der Waals surface area contributed by atoms with Gasteiger partial charge in [0.1, 0.15) is 6.54 Å². The number of hydrogen-bond acceptors (Lipinski definition) is 2. The van der Waals surface area contributed by atoms with E-state index in [0.29, 0.717) is 6.54 Å². The summed E-state index contributed by atoms with van der Waals surface area (Å²) in [5.74, 6) is -0.173. The number of rotatable bonds is 8. The maximum absolute atomic E-state index is 11.2. The molecule has 0 aliphatic carbocycles. The Morgan fingerprint density at radius 1 is 1.06 bits per heavy atom. The number of nitrogens with one attached hydrogen (secondary N) is 1. The highest BCUT2D eigenvalue weighted by Gasteiger charge is 2.25. The highest BCUT2D eigenvalue weighted by Crippen LogP contribution is 2.08. The average Bonchev–Trinajstić information content (AvgIpc) is 2.56. The van der Waals surface area contributed by atoms with Crippen molar-refractivity contribution in [2.24, 2.45) is 0 Å². The van der Waals surface area contributed by atoms with Crippen LogP contribution in [0, 0.1) is 0 Å². The Hall–Kier alpha value is -1.06. The van der Waals surface area contributed by atoms with Crippen LogP contribution in [0.1, 0.15) is 51.9 Å². The summed E-state index contributed by atoms with van der Waals surface area (Å²) < 4.78 is 0. The summed E-state index contributed by atoms with van der Waals surface area (Å²) in [6, 6.07) is -0.226. The number of carbonyl (C=O) groups is 2. The van der Waals surface area contributed by atoms with Crippen molar-refractivity contribution in [2.45, 2.75) is 51.9 Å². The van der Waals surface area contributed by atoms with Crippen molar-refractivity contribution >= 4 is 11.9 Å². The molecule has 1 rings (SSSR count). The molecule has 0 bridgehead atoms. The van der Waals surface area contributed by atoms with Crippen molar-refractivity contribution in [1.29, 1.82) is 0 Å². The third-order valence-corrected chi connectivity index (χ3v) is 2.90. The second kappa shape index (κ2) is 7.25. The molecule has 1 N–H and O–H groups in total. The van der Waals surface area contributed by atoms with Gasteiger partial charge in [-0.15, -0.1) is 0 Å². The lowest BCUT2D eigenvalue weighted by molar-refractivity contribution is -0.118. The summed E-state index contributed by atoms with van der Waals surface area (Å²) in [6.07, 6.45) is 8.61. The molecule has 1 fully saturated rings. The molecule has 16 heavy (non-hydrogen) atoms. The maximum atomic E-state index is 11.2. The number of urea groups is 1. The first kappa shape index (κ1) is 13.0. The molecule has 0 aromatic heterocycles. The van der Waals surface area contributed by atoms with E-state index in [-0.39, 0.29) is 18.5 Å². The van der Waals surface area contributed by atoms with Crippen LogP contribution >= 0.6 is 0 Å². The van der Waals surface area contributed by atoms with Crippen molar-refractivity contribution in [3.8, 4) is 0 Å². The molecule has 0 radical (unpaired) electrons. The van der Waals surface area contributed by atoms with Gasteiger partial charge in [0.2, 0.25) is 5.91 Å². The van der Waals surface area contributed by atoms with Crippen molar-refractivity contribution in [1.82, 2.24) is 10.2 Å². The molecule has 0 aromatic carbocycles. The van der Waals surface area contributed by atoms with E-state index < -0.39 is 0 Å². The Labute approximate surface area is 97.4 Å². The number of unbranched alkanes of at least 4 members (excludes halogenated alkanes) is 6. The van der Waals surface area contributed by atoms with Gasteiger partial charge in [-0.3, -0.25) is 10.1 Å². The smallest absolute Gasteiger partial charge is 0.315 e. The van der Waals surface area contributed by atoms with E-state index in [9.17, 15) is 9.59 Å². The lowest BCUT2D eigenvalue weighted by atomic mass is 10.1. The van der Waals surface area contributed by atoms with Crippen LogP contribution in [0.5, 0.6) is 0 Å². The lowest BCUT2D eigenvalue weighted by Crippen LogP contribution is -2.29. The molecule has 0 saturated carbocycles. The van der Waals surface area contributed by atoms with Gasteiger partial charge in [0.15, 0.2) is 0 Å². The van der Waals surface area contributed by atoms with E-state index in [2.05, 4.69) is 12.2 Å². The molecule has 1 saturated heterocycles. The van der Waals surface area contributed by atoms with Crippen LogP contribution in [-0.4, -0.2) is 29.9 Å². The summed E-state index contributed by atoms with van der Waals surface area (Å²) in [7, 11) is 0. The first-order valence-corrected chi connectivity index (χ1v) is 6.32. The molecule has 0 unspecified atom stereocenters. The Balaban J connectivity index is 1.95. The van der Waals surface area contributed by atoms with Crippen molar-refractivity contribution < 1.29 is 9.59 Å². The molecule has 1 heterocycles. The van der Waals surface area contributed by atoms with Gasteiger partial charge < -0.3 is 4.90 Å². The first-order chi connectivity index (χ1) is 7.74. The van der Waals surface area contributed by atoms with E-state index in [1.165, 1.54) is 32.1 Å². The predicted molar refractivity (Wildman–Crippen MR) is 63.1 cm³/mol. The Kier molecular flexibility index (Phi) is 5.90. The number of amides is 3. The second-order valence-corrected chi connectivity index (χ2v) is 4.40. The second-order valence-electron chi connectivity index (χ2n) is 4.40. The zero-order valence-electron chi connectivity index (χ0n) is 10.1. The topological polar surface area (TPSA) is 49.4 Å². The van der Waals surface area contributed by atoms with E-state index >= 15 is 0 Å². The highest BCUT2D eigenvalue weighted by molar-refractivity contribution is 6.01. The molecule has 0 spiro atoms. The monoisotopic (exact) mass is 226 g/mol. The quantitative estimate of drug-likeness (QED) is 0.510. The zero-order valence-corrected chi connectivity index (χ0v) is 10.1. The standard InChI is InChI=1S/C12H22N2O2/c1-2-3-4-5-6-7-8-9-14-10-11(15)13-12(14)16/h2-10H2,1H3,(H,13,15,16). The van der Waals surface area contributed by atoms with Crippen molar-refractivity contribution in [2.75, 3.05) is 13.1 Å². The molecule has 3 amide bonds. The third-order valence-electron chi connectivity index (χ3n) is 2.90. The van der Waals surface area contributed by atoms with Crippen LogP contribution in [0.2, 0.25) is 0 Å². The number of hydrogen-bond donors (Lipinski definition) is 1. The van der Waals surface area contributed by atoms with Crippen LogP contribution in [0.25, 0.3) is 0 Å². The summed E-state index contributed by atoms with van der Waals surface area (Å²) in [4.78, 5) is 23.7. The normalized spacial score (nSPS) is 15.7. The fourth-order valence-corrected chi connectivity index (χ4v) is 1.92. The zero-order chi connectivity index (χ0) is 11.8. The van der Waals surface area contributed by atoms with Gasteiger partial charge in [0, 0.05) is 6.54 Å². The molecule has 4 nitrogen and oxygen atoms in total.